The molecule has 0 fully saturated rings. The van der Waals surface area contributed by atoms with Crippen LogP contribution in [0.15, 0.2) is 36.7 Å². The predicted octanol–water partition coefficient (Wildman–Crippen LogP) is 2.40. The van der Waals surface area contributed by atoms with Gasteiger partial charge in [-0.1, -0.05) is 0 Å². The molecule has 2 aromatic heterocycles. The van der Waals surface area contributed by atoms with Crippen LogP contribution in [0.5, 0.6) is 5.75 Å². The lowest BCUT2D eigenvalue weighted by atomic mass is 10.0. The molecule has 1 aromatic carbocycles. The topological polar surface area (TPSA) is 76.0 Å². The number of aromatic amines is 1. The van der Waals surface area contributed by atoms with E-state index in [-0.39, 0.29) is 18.3 Å². The predicted molar refractivity (Wildman–Crippen MR) is 96.5 cm³/mol. The van der Waals surface area contributed by atoms with Crippen molar-refractivity contribution in [2.24, 2.45) is 0 Å². The van der Waals surface area contributed by atoms with Gasteiger partial charge in [0.2, 0.25) is 0 Å². The quantitative estimate of drug-likeness (QED) is 0.749. The van der Waals surface area contributed by atoms with Gasteiger partial charge < -0.3 is 14.6 Å². The molecule has 0 saturated carbocycles. The van der Waals surface area contributed by atoms with Crippen molar-refractivity contribution in [3.8, 4) is 17.3 Å². The summed E-state index contributed by atoms with van der Waals surface area (Å²) in [5, 5.41) is 4.67. The fourth-order valence-electron chi connectivity index (χ4n) is 3.32. The molecule has 0 bridgehead atoms. The van der Waals surface area contributed by atoms with E-state index in [1.54, 1.807) is 17.3 Å². The Labute approximate surface area is 155 Å². The zero-order chi connectivity index (χ0) is 18.8. The largest absolute Gasteiger partial charge is 0.484 e. The van der Waals surface area contributed by atoms with E-state index in [2.05, 4.69) is 15.1 Å². The average molecular weight is 369 g/mol. The van der Waals surface area contributed by atoms with Crippen molar-refractivity contribution in [1.29, 1.82) is 0 Å². The number of imidazole rings is 1. The molecule has 0 unspecified atom stereocenters. The molecule has 140 valence electrons. The van der Waals surface area contributed by atoms with Gasteiger partial charge in [0.05, 0.1) is 0 Å². The van der Waals surface area contributed by atoms with E-state index in [9.17, 15) is 9.18 Å². The first-order chi connectivity index (χ1) is 13.2. The van der Waals surface area contributed by atoms with Gasteiger partial charge in [-0.2, -0.15) is 5.10 Å². The standard InChI is InChI=1S/C19H20FN5O2/c1-2-25-16-7-10-24(11-15(16)18(23-25)19-21-8-9-22-19)17(26)12-27-14-5-3-13(20)4-6-14/h3-6,8-9H,2,7,10-12H2,1H3,(H,21,22). The van der Waals surface area contributed by atoms with Crippen LogP contribution in [-0.2, 0) is 24.3 Å². The third kappa shape index (κ3) is 3.42. The second kappa shape index (κ2) is 7.22. The number of hydrogen-bond donors (Lipinski definition) is 1. The molecular weight excluding hydrogens is 349 g/mol. The van der Waals surface area contributed by atoms with Crippen LogP contribution >= 0.6 is 0 Å². The molecule has 27 heavy (non-hydrogen) atoms. The van der Waals surface area contributed by atoms with Crippen molar-refractivity contribution in [3.05, 3.63) is 53.7 Å². The third-order valence-electron chi connectivity index (χ3n) is 4.68. The van der Waals surface area contributed by atoms with Gasteiger partial charge in [-0.15, -0.1) is 0 Å². The molecule has 1 N–H and O–H groups in total. The summed E-state index contributed by atoms with van der Waals surface area (Å²) in [5.41, 5.74) is 2.95. The molecule has 3 aromatic rings. The number of benzene rings is 1. The fraction of sp³-hybridized carbons (Fsp3) is 0.316. The van der Waals surface area contributed by atoms with Crippen LogP contribution in [0.2, 0.25) is 0 Å². The Hall–Kier alpha value is -3.16. The Morgan fingerprint density at radius 2 is 2.15 bits per heavy atom. The molecule has 4 rings (SSSR count). The second-order valence-electron chi connectivity index (χ2n) is 6.34. The number of amides is 1. The maximum Gasteiger partial charge on any atom is 0.260 e. The average Bonchev–Trinajstić information content (AvgIpc) is 3.34. The zero-order valence-corrected chi connectivity index (χ0v) is 15.0. The summed E-state index contributed by atoms with van der Waals surface area (Å²) in [4.78, 5) is 21.8. The molecule has 1 aliphatic rings. The highest BCUT2D eigenvalue weighted by Gasteiger charge is 2.28. The highest BCUT2D eigenvalue weighted by atomic mass is 19.1. The van der Waals surface area contributed by atoms with Gasteiger partial charge in [-0.3, -0.25) is 9.48 Å². The summed E-state index contributed by atoms with van der Waals surface area (Å²) >= 11 is 0. The molecule has 1 aliphatic heterocycles. The summed E-state index contributed by atoms with van der Waals surface area (Å²) < 4.78 is 20.4. The lowest BCUT2D eigenvalue weighted by Gasteiger charge is -2.27. The summed E-state index contributed by atoms with van der Waals surface area (Å²) in [5.74, 6) is 0.725. The maximum atomic E-state index is 13.0. The van der Waals surface area contributed by atoms with E-state index in [1.807, 2.05) is 11.6 Å². The number of rotatable bonds is 5. The van der Waals surface area contributed by atoms with Crippen molar-refractivity contribution < 1.29 is 13.9 Å². The van der Waals surface area contributed by atoms with Gasteiger partial charge in [-0.25, -0.2) is 9.37 Å². The molecule has 0 saturated heterocycles. The van der Waals surface area contributed by atoms with Crippen LogP contribution in [0.25, 0.3) is 11.5 Å². The van der Waals surface area contributed by atoms with E-state index < -0.39 is 0 Å². The third-order valence-corrected chi connectivity index (χ3v) is 4.68. The number of carbonyl (C=O) groups is 1. The minimum absolute atomic E-state index is 0.0844. The molecule has 0 spiro atoms. The summed E-state index contributed by atoms with van der Waals surface area (Å²) in [7, 11) is 0. The number of aryl methyl sites for hydroxylation is 1. The maximum absolute atomic E-state index is 13.0. The van der Waals surface area contributed by atoms with Crippen LogP contribution in [0, 0.1) is 5.82 Å². The first-order valence-electron chi connectivity index (χ1n) is 8.90. The highest BCUT2D eigenvalue weighted by Crippen LogP contribution is 2.28. The van der Waals surface area contributed by atoms with Crippen LogP contribution < -0.4 is 4.74 Å². The Morgan fingerprint density at radius 1 is 1.33 bits per heavy atom. The minimum atomic E-state index is -0.337. The number of halogens is 1. The smallest absolute Gasteiger partial charge is 0.260 e. The molecular formula is C19H20FN5O2. The van der Waals surface area contributed by atoms with Gasteiger partial charge >= 0.3 is 0 Å². The number of carbonyl (C=O) groups excluding carboxylic acids is 1. The number of fused-ring (bicyclic) bond motifs is 1. The first kappa shape index (κ1) is 17.3. The van der Waals surface area contributed by atoms with Crippen molar-refractivity contribution in [1.82, 2.24) is 24.6 Å². The highest BCUT2D eigenvalue weighted by molar-refractivity contribution is 5.78. The lowest BCUT2D eigenvalue weighted by molar-refractivity contribution is -0.134. The van der Waals surface area contributed by atoms with Crippen molar-refractivity contribution >= 4 is 5.91 Å². The monoisotopic (exact) mass is 369 g/mol. The molecule has 8 heteroatoms. The number of nitrogens with zero attached hydrogens (tertiary/aromatic N) is 4. The van der Waals surface area contributed by atoms with Gasteiger partial charge in [0, 0.05) is 49.7 Å². The fourth-order valence-corrected chi connectivity index (χ4v) is 3.32. The Kier molecular flexibility index (Phi) is 4.62. The van der Waals surface area contributed by atoms with Crippen molar-refractivity contribution in [3.63, 3.8) is 0 Å². The summed E-state index contributed by atoms with van der Waals surface area (Å²) in [6.07, 6.45) is 4.18. The van der Waals surface area contributed by atoms with Crippen LogP contribution in [0.1, 0.15) is 18.2 Å². The number of aromatic nitrogens is 4. The van der Waals surface area contributed by atoms with E-state index in [0.29, 0.717) is 24.7 Å². The zero-order valence-electron chi connectivity index (χ0n) is 15.0. The van der Waals surface area contributed by atoms with Gasteiger partial charge in [0.25, 0.3) is 5.91 Å². The number of hydrogen-bond acceptors (Lipinski definition) is 4. The summed E-state index contributed by atoms with van der Waals surface area (Å²) in [6.45, 7) is 3.82. The van der Waals surface area contributed by atoms with E-state index >= 15 is 0 Å². The Bertz CT molecular complexity index is 934. The minimum Gasteiger partial charge on any atom is -0.484 e. The molecule has 3 heterocycles. The molecule has 0 radical (unpaired) electrons. The number of H-pyrrole nitrogens is 1. The molecule has 0 aliphatic carbocycles. The SMILES string of the molecule is CCn1nc(-c2ncc[nH]2)c2c1CCN(C(=O)COc1ccc(F)cc1)C2. The molecule has 7 nitrogen and oxygen atoms in total. The Balaban J connectivity index is 1.49. The second-order valence-corrected chi connectivity index (χ2v) is 6.34. The van der Waals surface area contributed by atoms with E-state index in [1.165, 1.54) is 24.3 Å². The van der Waals surface area contributed by atoms with Crippen LogP contribution in [0.4, 0.5) is 4.39 Å². The van der Waals surface area contributed by atoms with Gasteiger partial charge in [-0.05, 0) is 31.2 Å². The van der Waals surface area contributed by atoms with Crippen molar-refractivity contribution in [2.75, 3.05) is 13.2 Å². The van der Waals surface area contributed by atoms with Crippen LogP contribution in [0.3, 0.4) is 0 Å². The van der Waals surface area contributed by atoms with Gasteiger partial charge in [0.15, 0.2) is 12.4 Å². The van der Waals surface area contributed by atoms with Gasteiger partial charge in [0.1, 0.15) is 17.3 Å². The van der Waals surface area contributed by atoms with E-state index in [0.717, 1.165) is 29.9 Å². The number of nitrogens with one attached hydrogen (secondary N) is 1. The normalized spacial score (nSPS) is 13.5. The van der Waals surface area contributed by atoms with Crippen molar-refractivity contribution in [2.45, 2.75) is 26.4 Å². The lowest BCUT2D eigenvalue weighted by Crippen LogP contribution is -2.39. The first-order valence-corrected chi connectivity index (χ1v) is 8.90. The molecule has 0 atom stereocenters. The summed E-state index contributed by atoms with van der Waals surface area (Å²) in [6, 6.07) is 5.64. The molecule has 1 amide bonds. The Morgan fingerprint density at radius 3 is 2.85 bits per heavy atom. The van der Waals surface area contributed by atoms with Crippen LogP contribution in [-0.4, -0.2) is 43.7 Å². The number of ether oxygens (including phenoxy) is 1. The van der Waals surface area contributed by atoms with E-state index in [4.69, 9.17) is 4.74 Å².